The summed E-state index contributed by atoms with van der Waals surface area (Å²) < 4.78 is 3.71. The number of amides is 1. The van der Waals surface area contributed by atoms with Gasteiger partial charge in [0.15, 0.2) is 0 Å². The van der Waals surface area contributed by atoms with E-state index in [1.165, 1.54) is 13.1 Å². The van der Waals surface area contributed by atoms with E-state index in [4.69, 9.17) is 11.6 Å². The summed E-state index contributed by atoms with van der Waals surface area (Å²) in [4.78, 5) is 50.3. The maximum absolute atomic E-state index is 12.8. The summed E-state index contributed by atoms with van der Waals surface area (Å²) in [5.41, 5.74) is 2.98. The van der Waals surface area contributed by atoms with E-state index in [1.54, 1.807) is 10.6 Å². The molecule has 0 saturated carbocycles. The Morgan fingerprint density at radius 3 is 2.38 bits per heavy atom. The van der Waals surface area contributed by atoms with E-state index < -0.39 is 11.2 Å². The summed E-state index contributed by atoms with van der Waals surface area (Å²) in [5.74, 6) is 5.54. The van der Waals surface area contributed by atoms with Gasteiger partial charge in [-0.1, -0.05) is 71.5 Å². The third-order valence-corrected chi connectivity index (χ3v) is 6.90. The van der Waals surface area contributed by atoms with Gasteiger partial charge in [-0.25, -0.2) is 4.79 Å². The molecule has 0 radical (unpaired) electrons. The highest BCUT2D eigenvalue weighted by atomic mass is 35.5. The second kappa shape index (κ2) is 12.5. The van der Waals surface area contributed by atoms with Crippen LogP contribution < -0.4 is 22.1 Å². The second-order valence-electron chi connectivity index (χ2n) is 9.53. The SMILES string of the molecule is Cc1ccc(CCC(=O)Nc2c(Cl)n(CC#Cc3cccc(Cn4c(C)cccc4=O)c3)c(=O)n(C)c2=O)cc1. The Morgan fingerprint density at radius 2 is 1.65 bits per heavy atom. The normalized spacial score (nSPS) is 10.6. The molecule has 0 spiro atoms. The van der Waals surface area contributed by atoms with Crippen LogP contribution in [0, 0.1) is 25.7 Å². The lowest BCUT2D eigenvalue weighted by Crippen LogP contribution is -2.40. The molecule has 2 aromatic carbocycles. The number of benzene rings is 2. The second-order valence-corrected chi connectivity index (χ2v) is 9.88. The van der Waals surface area contributed by atoms with Crippen molar-refractivity contribution in [1.29, 1.82) is 0 Å². The minimum Gasteiger partial charge on any atom is -0.319 e. The summed E-state index contributed by atoms with van der Waals surface area (Å²) in [6.07, 6.45) is 0.638. The molecule has 0 saturated heterocycles. The summed E-state index contributed by atoms with van der Waals surface area (Å²) in [6, 6.07) is 20.4. The van der Waals surface area contributed by atoms with Gasteiger partial charge in [0, 0.05) is 30.8 Å². The maximum Gasteiger partial charge on any atom is 0.332 e. The van der Waals surface area contributed by atoms with Crippen LogP contribution in [0.4, 0.5) is 5.69 Å². The average Bonchev–Trinajstić information content (AvgIpc) is 2.94. The largest absolute Gasteiger partial charge is 0.332 e. The minimum absolute atomic E-state index is 0.0850. The molecule has 2 heterocycles. The van der Waals surface area contributed by atoms with Gasteiger partial charge in [-0.15, -0.1) is 0 Å². The number of halogens is 1. The first-order valence-electron chi connectivity index (χ1n) is 12.7. The number of anilines is 1. The third-order valence-electron chi connectivity index (χ3n) is 6.51. The van der Waals surface area contributed by atoms with Gasteiger partial charge in [0.1, 0.15) is 10.8 Å². The molecular weight excluding hydrogens is 528 g/mol. The minimum atomic E-state index is -0.693. The Morgan fingerprint density at radius 1 is 0.925 bits per heavy atom. The molecule has 0 fully saturated rings. The number of hydrogen-bond donors (Lipinski definition) is 1. The van der Waals surface area contributed by atoms with Crippen molar-refractivity contribution >= 4 is 23.2 Å². The molecule has 0 aliphatic rings. The molecule has 0 aliphatic heterocycles. The summed E-state index contributed by atoms with van der Waals surface area (Å²) in [7, 11) is 1.32. The molecular formula is C31H29ClN4O4. The molecule has 8 nitrogen and oxygen atoms in total. The maximum atomic E-state index is 12.8. The van der Waals surface area contributed by atoms with Gasteiger partial charge in [-0.2, -0.15) is 0 Å². The number of aryl methyl sites for hydroxylation is 3. The smallest absolute Gasteiger partial charge is 0.319 e. The van der Waals surface area contributed by atoms with E-state index in [1.807, 2.05) is 68.4 Å². The molecule has 1 N–H and O–H groups in total. The molecule has 40 heavy (non-hydrogen) atoms. The number of hydrogen-bond acceptors (Lipinski definition) is 4. The van der Waals surface area contributed by atoms with Crippen LogP contribution in [0.2, 0.25) is 5.15 Å². The predicted octanol–water partition coefficient (Wildman–Crippen LogP) is 3.65. The van der Waals surface area contributed by atoms with Gasteiger partial charge in [-0.05, 0) is 49.6 Å². The van der Waals surface area contributed by atoms with Gasteiger partial charge in [0.25, 0.3) is 11.1 Å². The van der Waals surface area contributed by atoms with Crippen molar-refractivity contribution in [3.63, 3.8) is 0 Å². The van der Waals surface area contributed by atoms with Crippen molar-refractivity contribution in [3.05, 3.63) is 131 Å². The lowest BCUT2D eigenvalue weighted by atomic mass is 10.1. The Bertz CT molecular complexity index is 1800. The first kappa shape index (κ1) is 28.4. The van der Waals surface area contributed by atoms with E-state index in [-0.39, 0.29) is 35.3 Å². The topological polar surface area (TPSA) is 95.1 Å². The zero-order chi connectivity index (χ0) is 28.8. The molecule has 0 bridgehead atoms. The van der Waals surface area contributed by atoms with Gasteiger partial charge in [0.2, 0.25) is 5.91 Å². The summed E-state index contributed by atoms with van der Waals surface area (Å²) in [6.45, 7) is 4.17. The first-order chi connectivity index (χ1) is 19.1. The van der Waals surface area contributed by atoms with Crippen LogP contribution in [-0.2, 0) is 31.4 Å². The van der Waals surface area contributed by atoms with Gasteiger partial charge in [-0.3, -0.25) is 23.5 Å². The standard InChI is InChI=1S/C31H29ClN4O4/c1-21-12-14-23(15-13-21)16-17-26(37)33-28-29(32)35(31(40)34(3)30(28)39)18-6-10-24-8-5-9-25(19-24)20-36-22(2)7-4-11-27(36)38/h4-5,7-9,11-15,19H,16-18,20H2,1-3H3,(H,33,37). The van der Waals surface area contributed by atoms with E-state index in [2.05, 4.69) is 17.2 Å². The van der Waals surface area contributed by atoms with Gasteiger partial charge in [0.05, 0.1) is 13.1 Å². The molecule has 0 aliphatic carbocycles. The third kappa shape index (κ3) is 6.68. The Balaban J connectivity index is 1.51. The molecule has 1 amide bonds. The average molecular weight is 557 g/mol. The Hall–Kier alpha value is -4.61. The quantitative estimate of drug-likeness (QED) is 0.278. The zero-order valence-corrected chi connectivity index (χ0v) is 23.3. The molecule has 204 valence electrons. The number of aromatic nitrogens is 3. The number of carbonyl (C=O) groups is 1. The molecule has 4 rings (SSSR count). The van der Waals surface area contributed by atoms with Crippen LogP contribution >= 0.6 is 11.6 Å². The van der Waals surface area contributed by atoms with Crippen molar-refractivity contribution in [2.24, 2.45) is 7.05 Å². The summed E-state index contributed by atoms with van der Waals surface area (Å²) in [5, 5.41) is 2.39. The van der Waals surface area contributed by atoms with E-state index >= 15 is 0 Å². The van der Waals surface area contributed by atoms with Crippen molar-refractivity contribution in [3.8, 4) is 11.8 Å². The van der Waals surface area contributed by atoms with E-state index in [9.17, 15) is 19.2 Å². The highest BCUT2D eigenvalue weighted by Crippen LogP contribution is 2.16. The number of pyridine rings is 1. The van der Waals surface area contributed by atoms with Crippen molar-refractivity contribution < 1.29 is 4.79 Å². The van der Waals surface area contributed by atoms with Crippen LogP contribution in [0.3, 0.4) is 0 Å². The monoisotopic (exact) mass is 556 g/mol. The fraction of sp³-hybridized carbons (Fsp3) is 0.226. The molecule has 4 aromatic rings. The molecule has 2 aromatic heterocycles. The Labute approximate surface area is 236 Å². The number of nitrogens with zero attached hydrogens (tertiary/aromatic N) is 3. The van der Waals surface area contributed by atoms with Crippen LogP contribution in [0.25, 0.3) is 0 Å². The summed E-state index contributed by atoms with van der Waals surface area (Å²) >= 11 is 6.43. The van der Waals surface area contributed by atoms with E-state index in [0.717, 1.165) is 31.5 Å². The molecule has 9 heteroatoms. The number of carbonyl (C=O) groups excluding carboxylic acids is 1. The van der Waals surface area contributed by atoms with Crippen molar-refractivity contribution in [2.75, 3.05) is 5.32 Å². The van der Waals surface area contributed by atoms with Gasteiger partial charge < -0.3 is 9.88 Å². The Kier molecular flexibility index (Phi) is 8.87. The van der Waals surface area contributed by atoms with Crippen molar-refractivity contribution in [1.82, 2.24) is 13.7 Å². The van der Waals surface area contributed by atoms with Crippen LogP contribution in [-0.4, -0.2) is 19.6 Å². The lowest BCUT2D eigenvalue weighted by Gasteiger charge is -2.13. The zero-order valence-electron chi connectivity index (χ0n) is 22.5. The lowest BCUT2D eigenvalue weighted by molar-refractivity contribution is -0.116. The van der Waals surface area contributed by atoms with Gasteiger partial charge >= 0.3 is 5.69 Å². The van der Waals surface area contributed by atoms with Crippen LogP contribution in [0.5, 0.6) is 0 Å². The highest BCUT2D eigenvalue weighted by molar-refractivity contribution is 6.32. The van der Waals surface area contributed by atoms with Crippen LogP contribution in [0.15, 0.2) is 81.1 Å². The van der Waals surface area contributed by atoms with Crippen molar-refractivity contribution in [2.45, 2.75) is 39.8 Å². The highest BCUT2D eigenvalue weighted by Gasteiger charge is 2.18. The van der Waals surface area contributed by atoms with Crippen LogP contribution in [0.1, 0.15) is 34.4 Å². The fourth-order valence-corrected chi connectivity index (χ4v) is 4.44. The predicted molar refractivity (Wildman–Crippen MR) is 157 cm³/mol. The number of rotatable bonds is 7. The molecule has 0 atom stereocenters. The first-order valence-corrected chi connectivity index (χ1v) is 13.1. The number of nitrogens with one attached hydrogen (secondary N) is 1. The fourth-order valence-electron chi connectivity index (χ4n) is 4.18. The molecule has 0 unspecified atom stereocenters. The van der Waals surface area contributed by atoms with E-state index in [0.29, 0.717) is 18.5 Å².